The van der Waals surface area contributed by atoms with Gasteiger partial charge in [-0.15, -0.1) is 0 Å². The minimum absolute atomic E-state index is 0.100. The molecule has 0 radical (unpaired) electrons. The number of para-hydroxylation sites is 1. The normalized spacial score (nSPS) is 22.1. The number of carbonyl (C=O) groups excluding carboxylic acids is 2. The van der Waals surface area contributed by atoms with E-state index in [0.717, 1.165) is 39.3 Å². The molecule has 0 spiro atoms. The number of rotatable bonds is 6. The molecule has 138 valence electrons. The second kappa shape index (κ2) is 8.98. The highest BCUT2D eigenvalue weighted by molar-refractivity contribution is 7.80. The second-order valence-electron chi connectivity index (χ2n) is 6.14. The highest BCUT2D eigenvalue weighted by Gasteiger charge is 2.38. The molecule has 1 N–H and O–H groups in total. The summed E-state index contributed by atoms with van der Waals surface area (Å²) in [5.74, 6) is -1.75. The van der Waals surface area contributed by atoms with E-state index >= 15 is 0 Å². The van der Waals surface area contributed by atoms with Crippen LogP contribution in [0, 0.1) is 5.92 Å². The first-order valence-electron chi connectivity index (χ1n) is 8.71. The number of hydrogen-bond donors (Lipinski definition) is 1. The van der Waals surface area contributed by atoms with E-state index in [1.807, 2.05) is 18.2 Å². The fourth-order valence-corrected chi connectivity index (χ4v) is 3.23. The average molecular weight is 374 g/mol. The molecule has 2 fully saturated rings. The van der Waals surface area contributed by atoms with Crippen molar-refractivity contribution >= 4 is 41.0 Å². The Labute approximate surface area is 158 Å². The van der Waals surface area contributed by atoms with Gasteiger partial charge in [-0.2, -0.15) is 0 Å². The third kappa shape index (κ3) is 4.51. The smallest absolute Gasteiger partial charge is 0.251 e. The zero-order valence-electron chi connectivity index (χ0n) is 14.5. The van der Waals surface area contributed by atoms with Gasteiger partial charge >= 0.3 is 0 Å². The minimum Gasteiger partial charge on any atom is -0.379 e. The van der Waals surface area contributed by atoms with Crippen molar-refractivity contribution in [3.63, 3.8) is 0 Å². The van der Waals surface area contributed by atoms with E-state index in [1.54, 1.807) is 12.1 Å². The van der Waals surface area contributed by atoms with Crippen molar-refractivity contribution in [3.8, 4) is 0 Å². The van der Waals surface area contributed by atoms with Gasteiger partial charge in [0, 0.05) is 32.4 Å². The molecule has 1 aromatic rings. The molecule has 0 aromatic heterocycles. The number of ether oxygens (including phenoxy) is 1. The predicted molar refractivity (Wildman–Crippen MR) is 103 cm³/mol. The van der Waals surface area contributed by atoms with Crippen LogP contribution < -0.4 is 10.2 Å². The summed E-state index contributed by atoms with van der Waals surface area (Å²) in [6.07, 6.45) is 2.31. The lowest BCUT2D eigenvalue weighted by Gasteiger charge is -2.30. The van der Waals surface area contributed by atoms with Gasteiger partial charge in [0.1, 0.15) is 0 Å². The van der Waals surface area contributed by atoms with Gasteiger partial charge in [0.2, 0.25) is 5.91 Å². The first-order valence-corrected chi connectivity index (χ1v) is 9.11. The van der Waals surface area contributed by atoms with Crippen LogP contribution in [-0.4, -0.2) is 67.4 Å². The van der Waals surface area contributed by atoms with Gasteiger partial charge in [0.15, 0.2) is 11.0 Å². The Hall–Kier alpha value is -2.16. The molecule has 2 heterocycles. The molecule has 2 amide bonds. The van der Waals surface area contributed by atoms with E-state index in [4.69, 9.17) is 17.0 Å². The topological polar surface area (TPSA) is 74.2 Å². The van der Waals surface area contributed by atoms with Crippen LogP contribution in [-0.2, 0) is 14.3 Å². The average Bonchev–Trinajstić information content (AvgIpc) is 2.65. The van der Waals surface area contributed by atoms with Crippen molar-refractivity contribution in [1.29, 1.82) is 0 Å². The maximum Gasteiger partial charge on any atom is 0.251 e. The van der Waals surface area contributed by atoms with Crippen molar-refractivity contribution in [2.45, 2.75) is 6.42 Å². The van der Waals surface area contributed by atoms with Gasteiger partial charge in [-0.25, -0.2) is 0 Å². The van der Waals surface area contributed by atoms with Gasteiger partial charge in [-0.05, 0) is 30.8 Å². The van der Waals surface area contributed by atoms with Crippen molar-refractivity contribution in [2.75, 3.05) is 44.3 Å². The monoisotopic (exact) mass is 374 g/mol. The van der Waals surface area contributed by atoms with E-state index < -0.39 is 11.8 Å². The molecular formula is C18H22N4O3S. The largest absolute Gasteiger partial charge is 0.379 e. The number of nitrogens with one attached hydrogen (secondary N) is 1. The fourth-order valence-electron chi connectivity index (χ4n) is 2.93. The summed E-state index contributed by atoms with van der Waals surface area (Å²) in [5, 5.41) is 2.69. The standard InChI is InChI=1S/C18H22N4O3S/c23-16-15(13-19-7-4-8-21-9-11-25-12-10-21)17(24)22(18(26)20-16)14-5-2-1-3-6-14/h1-3,5-6,13,15H,4,7-12H2,(H,20,23,26)/t15-/m0/s1. The Balaban J connectivity index is 1.56. The molecule has 2 aliphatic rings. The van der Waals surface area contributed by atoms with Crippen LogP contribution in [0.25, 0.3) is 0 Å². The molecule has 2 aliphatic heterocycles. The SMILES string of the molecule is O=C1NC(=S)N(c2ccccc2)C(=O)[C@H]1C=NCCCN1CCOCC1. The van der Waals surface area contributed by atoms with Crippen LogP contribution in [0.2, 0.25) is 0 Å². The summed E-state index contributed by atoms with van der Waals surface area (Å²) in [7, 11) is 0. The Morgan fingerprint density at radius 2 is 1.96 bits per heavy atom. The first-order chi connectivity index (χ1) is 12.7. The zero-order valence-corrected chi connectivity index (χ0v) is 15.3. The molecule has 0 saturated carbocycles. The molecule has 8 heteroatoms. The number of nitrogens with zero attached hydrogens (tertiary/aromatic N) is 3. The van der Waals surface area contributed by atoms with Gasteiger partial charge in [0.05, 0.1) is 18.9 Å². The second-order valence-corrected chi connectivity index (χ2v) is 6.53. The molecule has 1 aromatic carbocycles. The number of morpholine rings is 1. The summed E-state index contributed by atoms with van der Waals surface area (Å²) in [4.78, 5) is 32.8. The van der Waals surface area contributed by atoms with Crippen LogP contribution in [0.3, 0.4) is 0 Å². The molecule has 26 heavy (non-hydrogen) atoms. The number of thiocarbonyl (C=S) groups is 1. The van der Waals surface area contributed by atoms with Gasteiger partial charge in [-0.1, -0.05) is 18.2 Å². The van der Waals surface area contributed by atoms with E-state index in [2.05, 4.69) is 15.2 Å². The van der Waals surface area contributed by atoms with Crippen LogP contribution in [0.5, 0.6) is 0 Å². The zero-order chi connectivity index (χ0) is 18.4. The number of anilines is 1. The van der Waals surface area contributed by atoms with Crippen LogP contribution >= 0.6 is 12.2 Å². The third-order valence-electron chi connectivity index (χ3n) is 4.34. The first kappa shape index (κ1) is 18.6. The van der Waals surface area contributed by atoms with Crippen molar-refractivity contribution < 1.29 is 14.3 Å². The summed E-state index contributed by atoms with van der Waals surface area (Å²) in [5.41, 5.74) is 0.633. The maximum atomic E-state index is 12.7. The van der Waals surface area contributed by atoms with Crippen LogP contribution in [0.4, 0.5) is 5.69 Å². The number of carbonyl (C=O) groups is 2. The predicted octanol–water partition coefficient (Wildman–Crippen LogP) is 0.844. The van der Waals surface area contributed by atoms with Crippen LogP contribution in [0.1, 0.15) is 6.42 Å². The Bertz CT molecular complexity index is 689. The summed E-state index contributed by atoms with van der Waals surface area (Å²) < 4.78 is 5.32. The highest BCUT2D eigenvalue weighted by atomic mass is 32.1. The summed E-state index contributed by atoms with van der Waals surface area (Å²) in [6.45, 7) is 4.94. The lowest BCUT2D eigenvalue weighted by atomic mass is 10.1. The number of aliphatic imine (C=N–C) groups is 1. The lowest BCUT2D eigenvalue weighted by Crippen LogP contribution is -2.58. The van der Waals surface area contributed by atoms with E-state index in [9.17, 15) is 9.59 Å². The van der Waals surface area contributed by atoms with Gasteiger partial charge in [-0.3, -0.25) is 24.4 Å². The minimum atomic E-state index is -0.953. The van der Waals surface area contributed by atoms with Gasteiger partial charge in [0.25, 0.3) is 5.91 Å². The van der Waals surface area contributed by atoms with Crippen molar-refractivity contribution in [2.24, 2.45) is 10.9 Å². The van der Waals surface area contributed by atoms with E-state index in [1.165, 1.54) is 11.1 Å². The quantitative estimate of drug-likeness (QED) is 0.346. The molecule has 3 rings (SSSR count). The maximum absolute atomic E-state index is 12.7. The van der Waals surface area contributed by atoms with E-state index in [0.29, 0.717) is 12.2 Å². The molecular weight excluding hydrogens is 352 g/mol. The molecule has 0 aliphatic carbocycles. The lowest BCUT2D eigenvalue weighted by molar-refractivity contribution is -0.130. The Morgan fingerprint density at radius 3 is 2.69 bits per heavy atom. The number of benzene rings is 1. The fraction of sp³-hybridized carbons (Fsp3) is 0.444. The third-order valence-corrected chi connectivity index (χ3v) is 4.62. The highest BCUT2D eigenvalue weighted by Crippen LogP contribution is 2.19. The summed E-state index contributed by atoms with van der Waals surface area (Å²) >= 11 is 5.16. The van der Waals surface area contributed by atoms with Crippen molar-refractivity contribution in [3.05, 3.63) is 30.3 Å². The Kier molecular flexibility index (Phi) is 6.43. The molecule has 0 unspecified atom stereocenters. The number of hydrogen-bond acceptors (Lipinski definition) is 6. The van der Waals surface area contributed by atoms with Gasteiger partial charge < -0.3 is 10.1 Å². The summed E-state index contributed by atoms with van der Waals surface area (Å²) in [6, 6.07) is 9.04. The van der Waals surface area contributed by atoms with Crippen LogP contribution in [0.15, 0.2) is 35.3 Å². The Morgan fingerprint density at radius 1 is 1.23 bits per heavy atom. The molecule has 0 bridgehead atoms. The number of amides is 2. The molecule has 1 atom stereocenters. The molecule has 2 saturated heterocycles. The molecule has 7 nitrogen and oxygen atoms in total. The van der Waals surface area contributed by atoms with E-state index in [-0.39, 0.29) is 11.0 Å². The van der Waals surface area contributed by atoms with Crippen molar-refractivity contribution in [1.82, 2.24) is 10.2 Å².